The molecule has 0 fully saturated rings. The van der Waals surface area contributed by atoms with Crippen LogP contribution in [0.2, 0.25) is 0 Å². The van der Waals surface area contributed by atoms with E-state index in [1.54, 1.807) is 0 Å². The molecule has 338 valence electrons. The summed E-state index contributed by atoms with van der Waals surface area (Å²) in [7, 11) is 0. The van der Waals surface area contributed by atoms with E-state index in [9.17, 15) is 0 Å². The largest absolute Gasteiger partial charge is 0.468 e. The number of rotatable bonds is 4. The van der Waals surface area contributed by atoms with E-state index < -0.39 is 0 Å². The minimum atomic E-state index is -0.144. The molecule has 0 unspecified atom stereocenters. The fourth-order valence-corrected chi connectivity index (χ4v) is 15.4. The second kappa shape index (κ2) is 14.9. The van der Waals surface area contributed by atoms with Crippen molar-refractivity contribution in [3.8, 4) is 0 Å². The summed E-state index contributed by atoms with van der Waals surface area (Å²) in [5.41, 5.74) is 21.1. The lowest BCUT2D eigenvalue weighted by Gasteiger charge is -2.43. The van der Waals surface area contributed by atoms with Gasteiger partial charge in [-0.25, -0.2) is 0 Å². The topological polar surface area (TPSA) is 26.1 Å². The number of para-hydroxylation sites is 5. The first-order valence-electron chi connectivity index (χ1n) is 25.0. The molecule has 0 bridgehead atoms. The SMILES string of the molecule is c1ccc(N2c3cc4c(cc3B3c5oc6ccccc6c5N(c5ccccc5)c5cccc2c53)sc2cc3c(cc24)N(c2ccccc2)c2cccc4c2B3c2sc3ccccc3c2N4c2ccccc2)cc1. The summed E-state index contributed by atoms with van der Waals surface area (Å²) >= 11 is 3.86. The van der Waals surface area contributed by atoms with E-state index in [0.717, 1.165) is 45.1 Å². The highest BCUT2D eigenvalue weighted by molar-refractivity contribution is 7.34. The van der Waals surface area contributed by atoms with Gasteiger partial charge in [-0.2, -0.15) is 0 Å². The van der Waals surface area contributed by atoms with Gasteiger partial charge in [0.25, 0.3) is 13.4 Å². The van der Waals surface area contributed by atoms with Crippen LogP contribution in [-0.2, 0) is 0 Å². The van der Waals surface area contributed by atoms with E-state index >= 15 is 0 Å². The molecule has 0 amide bonds. The average Bonchev–Trinajstić information content (AvgIpc) is 4.15. The standard InChI is InChI=1S/C64H38B2N4OS2/c1-5-19-39(20-6-1)67-49-29-17-31-51-59(49)65(63-61(43-27-13-15-33-55(43)71-63)69(51)41-23-9-3-10-24-41)47-37-57-45(35-53(47)67)46-36-54-48(38-58(46)72-57)66-60-50(68(54)40-21-7-2-8-22-40)30-18-32-52(60)70(42-25-11-4-12-26-42)62-44-28-14-16-34-56(44)73-64(62)66/h1-38H. The molecular formula is C64H38B2N4OS2. The Labute approximate surface area is 429 Å². The third-order valence-electron chi connectivity index (χ3n) is 15.8. The quantitative estimate of drug-likeness (QED) is 0.164. The highest BCUT2D eigenvalue weighted by Gasteiger charge is 2.48. The molecule has 0 N–H and O–H groups in total. The molecule has 13 aromatic rings. The molecule has 9 heteroatoms. The number of fused-ring (bicyclic) bond motifs is 15. The van der Waals surface area contributed by atoms with Gasteiger partial charge in [0.15, 0.2) is 0 Å². The van der Waals surface area contributed by atoms with Gasteiger partial charge in [-0.3, -0.25) is 0 Å². The Hall–Kier alpha value is -8.75. The highest BCUT2D eigenvalue weighted by Crippen LogP contribution is 2.51. The number of hydrogen-bond acceptors (Lipinski definition) is 7. The number of anilines is 12. The predicted octanol–water partition coefficient (Wildman–Crippen LogP) is 14.2. The van der Waals surface area contributed by atoms with E-state index in [4.69, 9.17) is 4.42 Å². The maximum atomic E-state index is 7.17. The first-order chi connectivity index (χ1) is 36.2. The lowest BCUT2D eigenvalue weighted by molar-refractivity contribution is 0.651. The molecule has 17 rings (SSSR count). The van der Waals surface area contributed by atoms with Crippen molar-refractivity contribution in [1.82, 2.24) is 0 Å². The smallest absolute Gasteiger partial charge is 0.297 e. The number of hydrogen-bond donors (Lipinski definition) is 0. The van der Waals surface area contributed by atoms with Crippen molar-refractivity contribution in [2.45, 2.75) is 0 Å². The van der Waals surface area contributed by atoms with Crippen molar-refractivity contribution >= 4 is 178 Å². The van der Waals surface area contributed by atoms with Gasteiger partial charge in [0.1, 0.15) is 5.58 Å². The predicted molar refractivity (Wildman–Crippen MR) is 313 cm³/mol. The fourth-order valence-electron chi connectivity index (χ4n) is 12.9. The number of furan rings is 1. The van der Waals surface area contributed by atoms with Crippen molar-refractivity contribution in [2.24, 2.45) is 0 Å². The first-order valence-corrected chi connectivity index (χ1v) is 26.6. The van der Waals surface area contributed by atoms with Crippen LogP contribution in [0.1, 0.15) is 0 Å². The first kappa shape index (κ1) is 39.9. The van der Waals surface area contributed by atoms with E-state index in [-0.39, 0.29) is 13.4 Å². The molecule has 0 saturated carbocycles. The van der Waals surface area contributed by atoms with Crippen LogP contribution < -0.4 is 51.9 Å². The van der Waals surface area contributed by atoms with Gasteiger partial charge in [0.2, 0.25) is 0 Å². The zero-order valence-corrected chi connectivity index (χ0v) is 40.7. The Kier molecular flexibility index (Phi) is 8.15. The molecule has 3 aromatic heterocycles. The van der Waals surface area contributed by atoms with E-state index in [2.05, 4.69) is 250 Å². The van der Waals surface area contributed by atoms with Gasteiger partial charge >= 0.3 is 0 Å². The normalized spacial score (nSPS) is 13.9. The maximum absolute atomic E-state index is 7.17. The monoisotopic (exact) mass is 964 g/mol. The van der Waals surface area contributed by atoms with Gasteiger partial charge in [-0.1, -0.05) is 115 Å². The summed E-state index contributed by atoms with van der Waals surface area (Å²) < 4.78 is 12.4. The molecule has 10 aromatic carbocycles. The fraction of sp³-hybridized carbons (Fsp3) is 0. The summed E-state index contributed by atoms with van der Waals surface area (Å²) in [4.78, 5) is 9.99. The average molecular weight is 965 g/mol. The summed E-state index contributed by atoms with van der Waals surface area (Å²) in [6.07, 6.45) is 0. The molecule has 0 atom stereocenters. The van der Waals surface area contributed by atoms with Crippen molar-refractivity contribution in [3.05, 3.63) is 231 Å². The van der Waals surface area contributed by atoms with Crippen molar-refractivity contribution < 1.29 is 4.42 Å². The number of nitrogens with zero attached hydrogens (tertiary/aromatic N) is 4. The molecule has 7 heterocycles. The molecular weight excluding hydrogens is 926 g/mol. The molecule has 73 heavy (non-hydrogen) atoms. The van der Waals surface area contributed by atoms with Crippen molar-refractivity contribution in [1.29, 1.82) is 0 Å². The summed E-state index contributed by atoms with van der Waals surface area (Å²) in [6.45, 7) is -0.117. The molecule has 5 nitrogen and oxygen atoms in total. The van der Waals surface area contributed by atoms with E-state index in [1.165, 1.54) is 96.7 Å². The minimum absolute atomic E-state index is 0.0270. The lowest BCUT2D eigenvalue weighted by Crippen LogP contribution is -2.60. The second-order valence-corrected chi connectivity index (χ2v) is 21.7. The third kappa shape index (κ3) is 5.42. The molecule has 0 radical (unpaired) electrons. The summed E-state index contributed by atoms with van der Waals surface area (Å²) in [5.74, 6) is 0. The Bertz CT molecular complexity index is 4160. The Morgan fingerprint density at radius 2 is 0.753 bits per heavy atom. The Balaban J connectivity index is 0.947. The maximum Gasteiger partial charge on any atom is 0.297 e. The van der Waals surface area contributed by atoms with Gasteiger partial charge in [0.05, 0.1) is 17.0 Å². The molecule has 4 aliphatic rings. The number of benzene rings is 10. The van der Waals surface area contributed by atoms with E-state index in [1.807, 2.05) is 22.7 Å². The van der Waals surface area contributed by atoms with Crippen molar-refractivity contribution in [3.63, 3.8) is 0 Å². The van der Waals surface area contributed by atoms with Crippen molar-refractivity contribution in [2.75, 3.05) is 19.6 Å². The van der Waals surface area contributed by atoms with Crippen LogP contribution in [0.3, 0.4) is 0 Å². The van der Waals surface area contributed by atoms with Crippen LogP contribution >= 0.6 is 22.7 Å². The number of thiophene rings is 2. The zero-order chi connectivity index (χ0) is 47.5. The van der Waals surface area contributed by atoms with Gasteiger partial charge in [0, 0.05) is 97.3 Å². The summed E-state index contributed by atoms with van der Waals surface area (Å²) in [6, 6.07) is 85.0. The van der Waals surface area contributed by atoms with Crippen LogP contribution in [0.4, 0.5) is 68.2 Å². The van der Waals surface area contributed by atoms with Crippen LogP contribution in [0, 0.1) is 0 Å². The Morgan fingerprint density at radius 1 is 0.315 bits per heavy atom. The Morgan fingerprint density at radius 3 is 1.32 bits per heavy atom. The van der Waals surface area contributed by atoms with Gasteiger partial charge in [-0.05, 0) is 137 Å². The molecule has 0 spiro atoms. The van der Waals surface area contributed by atoms with E-state index in [0.29, 0.717) is 0 Å². The molecule has 0 aliphatic carbocycles. The third-order valence-corrected chi connectivity index (χ3v) is 18.1. The molecule has 4 aliphatic heterocycles. The van der Waals surface area contributed by atoms with Crippen LogP contribution in [0.15, 0.2) is 235 Å². The minimum Gasteiger partial charge on any atom is -0.468 e. The van der Waals surface area contributed by atoms with Crippen LogP contribution in [-0.4, -0.2) is 13.4 Å². The lowest BCUT2D eigenvalue weighted by atomic mass is 9.35. The van der Waals surface area contributed by atoms with Crippen LogP contribution in [0.5, 0.6) is 0 Å². The van der Waals surface area contributed by atoms with Crippen LogP contribution in [0.25, 0.3) is 41.2 Å². The second-order valence-electron chi connectivity index (χ2n) is 19.5. The van der Waals surface area contributed by atoms with Gasteiger partial charge < -0.3 is 24.0 Å². The molecule has 0 saturated heterocycles. The zero-order valence-electron chi connectivity index (χ0n) is 39.1. The highest BCUT2D eigenvalue weighted by atomic mass is 32.1. The summed E-state index contributed by atoms with van der Waals surface area (Å²) in [5, 5.41) is 4.91. The van der Waals surface area contributed by atoms with Gasteiger partial charge in [-0.15, -0.1) is 22.7 Å².